The fourth-order valence-corrected chi connectivity index (χ4v) is 4.00. The zero-order valence-electron chi connectivity index (χ0n) is 13.6. The minimum atomic E-state index is -0.785. The smallest absolute Gasteiger partial charge is 0.407 e. The molecule has 3 fully saturated rings. The number of rotatable bonds is 4. The number of amides is 1. The van der Waals surface area contributed by atoms with Crippen molar-refractivity contribution in [2.45, 2.75) is 76.1 Å². The molecule has 1 amide bonds. The van der Waals surface area contributed by atoms with Crippen LogP contribution in [0, 0.1) is 5.92 Å². The highest BCUT2D eigenvalue weighted by Gasteiger charge is 2.52. The molecule has 2 aliphatic heterocycles. The van der Waals surface area contributed by atoms with E-state index in [-0.39, 0.29) is 12.6 Å². The van der Waals surface area contributed by atoms with E-state index < -0.39 is 30.2 Å². The lowest BCUT2D eigenvalue weighted by molar-refractivity contribution is -0.154. The second kappa shape index (κ2) is 6.55. The van der Waals surface area contributed by atoms with Crippen molar-refractivity contribution in [3.05, 3.63) is 10.4 Å². The Kier molecular flexibility index (Phi) is 4.66. The molecular weight excluding hydrogens is 300 g/mol. The molecule has 1 N–H and O–H groups in total. The van der Waals surface area contributed by atoms with E-state index in [1.54, 1.807) is 0 Å². The van der Waals surface area contributed by atoms with Crippen molar-refractivity contribution < 1.29 is 19.0 Å². The number of azide groups is 1. The Morgan fingerprint density at radius 2 is 2.00 bits per heavy atom. The third-order valence-corrected chi connectivity index (χ3v) is 4.91. The summed E-state index contributed by atoms with van der Waals surface area (Å²) in [6.45, 7) is 3.79. The SMILES string of the molecule is CC1(C)O[C@@H]([C@H]2OC(=O)N[C@@H]2C2CCCCC2)[C@H](CN=[N+]=[N-])O1. The summed E-state index contributed by atoms with van der Waals surface area (Å²) in [4.78, 5) is 14.6. The van der Waals surface area contributed by atoms with E-state index in [0.29, 0.717) is 5.92 Å². The first-order chi connectivity index (χ1) is 11.0. The molecule has 0 spiro atoms. The fraction of sp³-hybridized carbons (Fsp3) is 0.933. The first kappa shape index (κ1) is 16.4. The second-order valence-electron chi connectivity index (χ2n) is 6.99. The van der Waals surface area contributed by atoms with Crippen LogP contribution in [0.3, 0.4) is 0 Å². The monoisotopic (exact) mass is 324 g/mol. The molecule has 0 aromatic rings. The molecule has 128 valence electrons. The summed E-state index contributed by atoms with van der Waals surface area (Å²) in [6.07, 6.45) is 4.13. The van der Waals surface area contributed by atoms with Gasteiger partial charge in [0, 0.05) is 4.91 Å². The molecule has 0 aromatic carbocycles. The highest BCUT2D eigenvalue weighted by molar-refractivity contribution is 5.70. The third kappa shape index (κ3) is 3.54. The number of nitrogens with zero attached hydrogens (tertiary/aromatic N) is 3. The van der Waals surface area contributed by atoms with Gasteiger partial charge in [-0.15, -0.1) is 0 Å². The lowest BCUT2D eigenvalue weighted by Gasteiger charge is -2.32. The molecule has 0 radical (unpaired) electrons. The zero-order valence-corrected chi connectivity index (χ0v) is 13.6. The predicted molar refractivity (Wildman–Crippen MR) is 81.6 cm³/mol. The van der Waals surface area contributed by atoms with Crippen LogP contribution in [0.15, 0.2) is 5.11 Å². The summed E-state index contributed by atoms with van der Waals surface area (Å²) < 4.78 is 17.4. The summed E-state index contributed by atoms with van der Waals surface area (Å²) >= 11 is 0. The number of nitrogens with one attached hydrogen (secondary N) is 1. The van der Waals surface area contributed by atoms with Gasteiger partial charge in [-0.05, 0) is 38.1 Å². The van der Waals surface area contributed by atoms with Gasteiger partial charge in [0.2, 0.25) is 0 Å². The summed E-state index contributed by atoms with van der Waals surface area (Å²) in [5, 5.41) is 6.57. The maximum atomic E-state index is 11.8. The Balaban J connectivity index is 1.78. The van der Waals surface area contributed by atoms with Crippen molar-refractivity contribution in [3.8, 4) is 0 Å². The average molecular weight is 324 g/mol. The van der Waals surface area contributed by atoms with Gasteiger partial charge in [-0.2, -0.15) is 0 Å². The Bertz CT molecular complexity index is 500. The number of cyclic esters (lactones) is 1. The zero-order chi connectivity index (χ0) is 16.4. The standard InChI is InChI=1S/C15H24N4O4/c1-15(2)22-10(8-17-19-16)12(23-15)13-11(18-14(20)21-13)9-6-4-3-5-7-9/h9-13H,3-8H2,1-2H3,(H,18,20)/t10-,11+,12+,13-/m0/s1. The van der Waals surface area contributed by atoms with Crippen LogP contribution in [-0.4, -0.2) is 42.8 Å². The van der Waals surface area contributed by atoms with Gasteiger partial charge in [0.25, 0.3) is 0 Å². The van der Waals surface area contributed by atoms with Crippen molar-refractivity contribution in [1.29, 1.82) is 0 Å². The van der Waals surface area contributed by atoms with Crippen LogP contribution < -0.4 is 5.32 Å². The lowest BCUT2D eigenvalue weighted by atomic mass is 9.80. The van der Waals surface area contributed by atoms with Gasteiger partial charge in [0.05, 0.1) is 18.7 Å². The Labute approximate surface area is 135 Å². The minimum Gasteiger partial charge on any atom is -0.441 e. The van der Waals surface area contributed by atoms with Crippen LogP contribution in [0.4, 0.5) is 4.79 Å². The van der Waals surface area contributed by atoms with Crippen LogP contribution in [0.1, 0.15) is 46.0 Å². The quantitative estimate of drug-likeness (QED) is 0.487. The Morgan fingerprint density at radius 3 is 2.70 bits per heavy atom. The third-order valence-electron chi connectivity index (χ3n) is 4.91. The fourth-order valence-electron chi connectivity index (χ4n) is 4.00. The van der Waals surface area contributed by atoms with Gasteiger partial charge in [-0.1, -0.05) is 24.4 Å². The number of hydrogen-bond donors (Lipinski definition) is 1. The van der Waals surface area contributed by atoms with E-state index in [1.807, 2.05) is 13.8 Å². The summed E-state index contributed by atoms with van der Waals surface area (Å²) in [5.74, 6) is -0.389. The normalized spacial score (nSPS) is 37.0. The summed E-state index contributed by atoms with van der Waals surface area (Å²) in [5.41, 5.74) is 8.57. The van der Waals surface area contributed by atoms with E-state index in [0.717, 1.165) is 12.8 Å². The summed E-state index contributed by atoms with van der Waals surface area (Å²) in [7, 11) is 0. The number of carbonyl (C=O) groups is 1. The number of ether oxygens (including phenoxy) is 3. The topological polar surface area (TPSA) is 106 Å². The van der Waals surface area contributed by atoms with Crippen LogP contribution in [0.25, 0.3) is 10.4 Å². The van der Waals surface area contributed by atoms with Crippen molar-refractivity contribution in [3.63, 3.8) is 0 Å². The van der Waals surface area contributed by atoms with Crippen molar-refractivity contribution in [2.24, 2.45) is 11.0 Å². The molecule has 4 atom stereocenters. The summed E-state index contributed by atoms with van der Waals surface area (Å²) in [6, 6.07) is -0.0705. The van der Waals surface area contributed by atoms with E-state index in [1.165, 1.54) is 19.3 Å². The second-order valence-corrected chi connectivity index (χ2v) is 6.99. The molecule has 1 aliphatic carbocycles. The molecule has 0 aromatic heterocycles. The highest BCUT2D eigenvalue weighted by Crippen LogP contribution is 2.38. The molecule has 0 unspecified atom stereocenters. The van der Waals surface area contributed by atoms with E-state index in [2.05, 4.69) is 15.3 Å². The van der Waals surface area contributed by atoms with Gasteiger partial charge in [-0.3, -0.25) is 0 Å². The van der Waals surface area contributed by atoms with Crippen molar-refractivity contribution >= 4 is 6.09 Å². The number of carbonyl (C=O) groups excluding carboxylic acids is 1. The largest absolute Gasteiger partial charge is 0.441 e. The highest BCUT2D eigenvalue weighted by atomic mass is 16.8. The maximum absolute atomic E-state index is 11.8. The molecule has 3 rings (SSSR count). The van der Waals surface area contributed by atoms with Gasteiger partial charge >= 0.3 is 6.09 Å². The van der Waals surface area contributed by atoms with Gasteiger partial charge in [-0.25, -0.2) is 4.79 Å². The van der Waals surface area contributed by atoms with Crippen molar-refractivity contribution in [1.82, 2.24) is 5.32 Å². The minimum absolute atomic E-state index is 0.0705. The van der Waals surface area contributed by atoms with Crippen LogP contribution in [0.5, 0.6) is 0 Å². The lowest BCUT2D eigenvalue weighted by Crippen LogP contribution is -2.48. The van der Waals surface area contributed by atoms with Crippen LogP contribution in [0.2, 0.25) is 0 Å². The molecule has 2 saturated heterocycles. The predicted octanol–water partition coefficient (Wildman–Crippen LogP) is 2.87. The van der Waals surface area contributed by atoms with Crippen molar-refractivity contribution in [2.75, 3.05) is 6.54 Å². The number of hydrogen-bond acceptors (Lipinski definition) is 5. The van der Waals surface area contributed by atoms with E-state index >= 15 is 0 Å². The average Bonchev–Trinajstić information content (AvgIpc) is 3.05. The molecule has 3 aliphatic rings. The maximum Gasteiger partial charge on any atom is 0.407 e. The molecule has 8 heteroatoms. The van der Waals surface area contributed by atoms with Gasteiger partial charge in [0.15, 0.2) is 11.9 Å². The molecule has 23 heavy (non-hydrogen) atoms. The van der Waals surface area contributed by atoms with Crippen LogP contribution in [-0.2, 0) is 14.2 Å². The molecule has 1 saturated carbocycles. The molecule has 8 nitrogen and oxygen atoms in total. The first-order valence-corrected chi connectivity index (χ1v) is 8.34. The van der Waals surface area contributed by atoms with Gasteiger partial charge < -0.3 is 19.5 Å². The van der Waals surface area contributed by atoms with E-state index in [4.69, 9.17) is 19.7 Å². The molecular formula is C15H24N4O4. The first-order valence-electron chi connectivity index (χ1n) is 8.34. The van der Waals surface area contributed by atoms with E-state index in [9.17, 15) is 4.79 Å². The molecule has 0 bridgehead atoms. The number of alkyl carbamates (subject to hydrolysis) is 1. The Hall–Kier alpha value is -1.50. The van der Waals surface area contributed by atoms with Crippen LogP contribution >= 0.6 is 0 Å². The van der Waals surface area contributed by atoms with Gasteiger partial charge in [0.1, 0.15) is 6.10 Å². The Morgan fingerprint density at radius 1 is 1.26 bits per heavy atom. The molecule has 2 heterocycles.